The standard InChI is InChI=1S/C23H25N3O/c1-3-26(21-11-7-8-18(2)16-21)23(27)22-17-20(13-15-25-22)24-14-12-19-9-5-4-6-10-19/h4-11,13,15-17H,3,12,14H2,1-2H3,(H,24,25). The highest BCUT2D eigenvalue weighted by molar-refractivity contribution is 6.05. The van der Waals surface area contributed by atoms with Crippen molar-refractivity contribution in [3.63, 3.8) is 0 Å². The van der Waals surface area contributed by atoms with Gasteiger partial charge < -0.3 is 10.2 Å². The molecule has 3 rings (SSSR count). The number of rotatable bonds is 7. The predicted molar refractivity (Wildman–Crippen MR) is 111 cm³/mol. The van der Waals surface area contributed by atoms with Crippen molar-refractivity contribution in [1.29, 1.82) is 0 Å². The first-order valence-electron chi connectivity index (χ1n) is 9.29. The van der Waals surface area contributed by atoms with E-state index in [9.17, 15) is 4.79 Å². The van der Waals surface area contributed by atoms with Crippen molar-refractivity contribution < 1.29 is 4.79 Å². The molecule has 4 heteroatoms. The Morgan fingerprint density at radius 3 is 2.59 bits per heavy atom. The second kappa shape index (κ2) is 8.99. The number of aromatic nitrogens is 1. The third-order valence-electron chi connectivity index (χ3n) is 4.44. The molecular weight excluding hydrogens is 334 g/mol. The van der Waals surface area contributed by atoms with Gasteiger partial charge in [0.2, 0.25) is 0 Å². The number of carbonyl (C=O) groups excluding carboxylic acids is 1. The minimum atomic E-state index is -0.0881. The molecule has 0 spiro atoms. The van der Waals surface area contributed by atoms with Crippen LogP contribution in [0.1, 0.15) is 28.5 Å². The van der Waals surface area contributed by atoms with Crippen LogP contribution in [0.2, 0.25) is 0 Å². The first kappa shape index (κ1) is 18.6. The van der Waals surface area contributed by atoms with Crippen LogP contribution in [0, 0.1) is 6.92 Å². The van der Waals surface area contributed by atoms with Crippen LogP contribution < -0.4 is 10.2 Å². The third-order valence-corrected chi connectivity index (χ3v) is 4.44. The van der Waals surface area contributed by atoms with Gasteiger partial charge in [0.1, 0.15) is 5.69 Å². The summed E-state index contributed by atoms with van der Waals surface area (Å²) in [6.45, 7) is 5.40. The number of pyridine rings is 1. The van der Waals surface area contributed by atoms with Crippen LogP contribution in [-0.4, -0.2) is 24.0 Å². The van der Waals surface area contributed by atoms with Crippen molar-refractivity contribution in [3.05, 3.63) is 89.7 Å². The highest BCUT2D eigenvalue weighted by atomic mass is 16.2. The highest BCUT2D eigenvalue weighted by Crippen LogP contribution is 2.19. The fraction of sp³-hybridized carbons (Fsp3) is 0.217. The van der Waals surface area contributed by atoms with Crippen molar-refractivity contribution in [2.75, 3.05) is 23.3 Å². The smallest absolute Gasteiger partial charge is 0.276 e. The van der Waals surface area contributed by atoms with Crippen LogP contribution in [0.4, 0.5) is 11.4 Å². The van der Waals surface area contributed by atoms with E-state index in [2.05, 4.69) is 22.4 Å². The van der Waals surface area contributed by atoms with Gasteiger partial charge in [-0.3, -0.25) is 9.78 Å². The Balaban J connectivity index is 1.69. The summed E-state index contributed by atoms with van der Waals surface area (Å²) in [4.78, 5) is 19.0. The average Bonchev–Trinajstić information content (AvgIpc) is 2.70. The second-order valence-electron chi connectivity index (χ2n) is 6.48. The molecule has 3 aromatic rings. The van der Waals surface area contributed by atoms with Gasteiger partial charge in [0.25, 0.3) is 5.91 Å². The highest BCUT2D eigenvalue weighted by Gasteiger charge is 2.17. The molecule has 1 N–H and O–H groups in total. The van der Waals surface area contributed by atoms with Gasteiger partial charge in [-0.05, 0) is 55.7 Å². The minimum Gasteiger partial charge on any atom is -0.385 e. The van der Waals surface area contributed by atoms with Gasteiger partial charge in [0.05, 0.1) is 0 Å². The molecule has 0 bridgehead atoms. The molecule has 0 unspecified atom stereocenters. The summed E-state index contributed by atoms with van der Waals surface area (Å²) >= 11 is 0. The maximum absolute atomic E-state index is 13.0. The number of nitrogens with zero attached hydrogens (tertiary/aromatic N) is 2. The SMILES string of the molecule is CCN(C(=O)c1cc(NCCc2ccccc2)ccn1)c1cccc(C)c1. The Morgan fingerprint density at radius 2 is 1.85 bits per heavy atom. The maximum atomic E-state index is 13.0. The molecule has 0 aliphatic carbocycles. The summed E-state index contributed by atoms with van der Waals surface area (Å²) in [5.41, 5.74) is 4.66. The lowest BCUT2D eigenvalue weighted by Crippen LogP contribution is -2.31. The van der Waals surface area contributed by atoms with E-state index < -0.39 is 0 Å². The van der Waals surface area contributed by atoms with E-state index in [0.717, 1.165) is 29.9 Å². The molecule has 27 heavy (non-hydrogen) atoms. The van der Waals surface area contributed by atoms with E-state index in [1.807, 2.05) is 68.4 Å². The molecule has 0 atom stereocenters. The lowest BCUT2D eigenvalue weighted by Gasteiger charge is -2.21. The molecule has 1 heterocycles. The third kappa shape index (κ3) is 4.94. The molecule has 0 saturated heterocycles. The van der Waals surface area contributed by atoms with Crippen molar-refractivity contribution in [2.24, 2.45) is 0 Å². The Morgan fingerprint density at radius 1 is 1.04 bits per heavy atom. The normalized spacial score (nSPS) is 10.4. The molecule has 0 radical (unpaired) electrons. The van der Waals surface area contributed by atoms with Gasteiger partial charge in [-0.15, -0.1) is 0 Å². The topological polar surface area (TPSA) is 45.2 Å². The molecule has 1 aromatic heterocycles. The van der Waals surface area contributed by atoms with Gasteiger partial charge >= 0.3 is 0 Å². The van der Waals surface area contributed by atoms with E-state index in [1.165, 1.54) is 5.56 Å². The lowest BCUT2D eigenvalue weighted by atomic mass is 10.1. The number of amides is 1. The summed E-state index contributed by atoms with van der Waals surface area (Å²) in [5.74, 6) is -0.0881. The van der Waals surface area contributed by atoms with Crippen molar-refractivity contribution in [2.45, 2.75) is 20.3 Å². The summed E-state index contributed by atoms with van der Waals surface area (Å²) in [6, 6.07) is 22.0. The summed E-state index contributed by atoms with van der Waals surface area (Å²) in [6.07, 6.45) is 2.61. The molecule has 4 nitrogen and oxygen atoms in total. The van der Waals surface area contributed by atoms with E-state index in [4.69, 9.17) is 0 Å². The number of hydrogen-bond donors (Lipinski definition) is 1. The molecule has 0 aliphatic rings. The molecule has 0 fully saturated rings. The van der Waals surface area contributed by atoms with E-state index in [1.54, 1.807) is 11.1 Å². The van der Waals surface area contributed by atoms with Crippen LogP contribution >= 0.6 is 0 Å². The zero-order chi connectivity index (χ0) is 19.1. The number of nitrogens with one attached hydrogen (secondary N) is 1. The largest absolute Gasteiger partial charge is 0.385 e. The van der Waals surface area contributed by atoms with Crippen molar-refractivity contribution >= 4 is 17.3 Å². The summed E-state index contributed by atoms with van der Waals surface area (Å²) < 4.78 is 0. The van der Waals surface area contributed by atoms with Gasteiger partial charge in [0, 0.05) is 30.7 Å². The van der Waals surface area contributed by atoms with Crippen LogP contribution in [-0.2, 0) is 6.42 Å². The average molecular weight is 359 g/mol. The van der Waals surface area contributed by atoms with Crippen LogP contribution in [0.3, 0.4) is 0 Å². The first-order valence-corrected chi connectivity index (χ1v) is 9.29. The molecule has 2 aromatic carbocycles. The number of anilines is 2. The number of benzene rings is 2. The quantitative estimate of drug-likeness (QED) is 0.664. The molecule has 0 saturated carbocycles. The molecule has 0 aliphatic heterocycles. The summed E-state index contributed by atoms with van der Waals surface area (Å²) in [5, 5.41) is 3.38. The van der Waals surface area contributed by atoms with Crippen LogP contribution in [0.25, 0.3) is 0 Å². The van der Waals surface area contributed by atoms with Gasteiger partial charge in [-0.2, -0.15) is 0 Å². The predicted octanol–water partition coefficient (Wildman–Crippen LogP) is 4.71. The van der Waals surface area contributed by atoms with E-state index in [-0.39, 0.29) is 5.91 Å². The zero-order valence-corrected chi connectivity index (χ0v) is 15.9. The molecular formula is C23H25N3O. The second-order valence-corrected chi connectivity index (χ2v) is 6.48. The van der Waals surface area contributed by atoms with Crippen LogP contribution in [0.5, 0.6) is 0 Å². The van der Waals surface area contributed by atoms with Crippen molar-refractivity contribution in [3.8, 4) is 0 Å². The maximum Gasteiger partial charge on any atom is 0.276 e. The number of carbonyl (C=O) groups is 1. The van der Waals surface area contributed by atoms with Gasteiger partial charge in [-0.25, -0.2) is 0 Å². The molecule has 138 valence electrons. The monoisotopic (exact) mass is 359 g/mol. The Bertz CT molecular complexity index is 893. The summed E-state index contributed by atoms with van der Waals surface area (Å²) in [7, 11) is 0. The van der Waals surface area contributed by atoms with Crippen molar-refractivity contribution in [1.82, 2.24) is 4.98 Å². The fourth-order valence-electron chi connectivity index (χ4n) is 3.03. The van der Waals surface area contributed by atoms with Gasteiger partial charge in [0.15, 0.2) is 0 Å². The van der Waals surface area contributed by atoms with E-state index >= 15 is 0 Å². The Kier molecular flexibility index (Phi) is 6.21. The minimum absolute atomic E-state index is 0.0881. The number of aryl methyl sites for hydroxylation is 1. The van der Waals surface area contributed by atoms with Gasteiger partial charge in [-0.1, -0.05) is 42.5 Å². The molecule has 1 amide bonds. The number of hydrogen-bond acceptors (Lipinski definition) is 3. The lowest BCUT2D eigenvalue weighted by molar-refractivity contribution is 0.0983. The first-order chi connectivity index (χ1) is 13.2. The van der Waals surface area contributed by atoms with Crippen LogP contribution in [0.15, 0.2) is 72.9 Å². The zero-order valence-electron chi connectivity index (χ0n) is 15.9. The Labute approximate surface area is 160 Å². The Hall–Kier alpha value is -3.14. The fourth-order valence-corrected chi connectivity index (χ4v) is 3.03. The van der Waals surface area contributed by atoms with E-state index in [0.29, 0.717) is 12.2 Å².